The average Bonchev–Trinajstić information content (AvgIpc) is 2.43. The van der Waals surface area contributed by atoms with Crippen LogP contribution >= 0.6 is 0 Å². The molecule has 0 saturated heterocycles. The van der Waals surface area contributed by atoms with Crippen molar-refractivity contribution in [1.29, 1.82) is 0 Å². The van der Waals surface area contributed by atoms with Gasteiger partial charge in [0.05, 0.1) is 0 Å². The summed E-state index contributed by atoms with van der Waals surface area (Å²) in [6.45, 7) is 6.31. The van der Waals surface area contributed by atoms with E-state index in [0.29, 0.717) is 37.3 Å². The van der Waals surface area contributed by atoms with E-state index in [1.165, 1.54) is 0 Å². The van der Waals surface area contributed by atoms with Gasteiger partial charge in [-0.25, -0.2) is 9.97 Å². The lowest BCUT2D eigenvalue weighted by molar-refractivity contribution is 0.0947. The number of nitrogens with zero attached hydrogens (tertiary/aromatic N) is 2. The molecule has 0 saturated carbocycles. The van der Waals surface area contributed by atoms with E-state index in [1.54, 1.807) is 19.4 Å². The largest absolute Gasteiger partial charge is 0.385 e. The maximum absolute atomic E-state index is 11.9. The highest BCUT2D eigenvalue weighted by atomic mass is 16.5. The SMILES string of the molecule is COCCCNc1nccc(C(=O)NCCC(C)C)n1. The number of carbonyl (C=O) groups is 1. The molecule has 0 aliphatic rings. The minimum absolute atomic E-state index is 0.159. The fourth-order valence-electron chi connectivity index (χ4n) is 1.55. The van der Waals surface area contributed by atoms with Gasteiger partial charge in [-0.2, -0.15) is 0 Å². The van der Waals surface area contributed by atoms with Crippen molar-refractivity contribution >= 4 is 11.9 Å². The predicted molar refractivity (Wildman–Crippen MR) is 78.8 cm³/mol. The van der Waals surface area contributed by atoms with Crippen molar-refractivity contribution in [3.8, 4) is 0 Å². The van der Waals surface area contributed by atoms with Crippen molar-refractivity contribution < 1.29 is 9.53 Å². The Morgan fingerprint density at radius 1 is 1.40 bits per heavy atom. The third kappa shape index (κ3) is 6.47. The van der Waals surface area contributed by atoms with Gasteiger partial charge >= 0.3 is 0 Å². The van der Waals surface area contributed by atoms with Gasteiger partial charge in [0.2, 0.25) is 5.95 Å². The van der Waals surface area contributed by atoms with Crippen molar-refractivity contribution in [2.45, 2.75) is 26.7 Å². The molecule has 0 aliphatic carbocycles. The van der Waals surface area contributed by atoms with Crippen LogP contribution in [-0.4, -0.2) is 42.7 Å². The summed E-state index contributed by atoms with van der Waals surface area (Å²) >= 11 is 0. The van der Waals surface area contributed by atoms with Crippen LogP contribution in [0.5, 0.6) is 0 Å². The first kappa shape index (κ1) is 16.4. The highest BCUT2D eigenvalue weighted by Crippen LogP contribution is 2.02. The molecule has 0 fully saturated rings. The zero-order valence-corrected chi connectivity index (χ0v) is 12.5. The van der Waals surface area contributed by atoms with E-state index < -0.39 is 0 Å². The van der Waals surface area contributed by atoms with E-state index >= 15 is 0 Å². The molecule has 1 aromatic rings. The van der Waals surface area contributed by atoms with Gasteiger partial charge < -0.3 is 15.4 Å². The monoisotopic (exact) mass is 280 g/mol. The number of nitrogens with one attached hydrogen (secondary N) is 2. The molecular weight excluding hydrogens is 256 g/mol. The van der Waals surface area contributed by atoms with E-state index in [2.05, 4.69) is 34.4 Å². The highest BCUT2D eigenvalue weighted by molar-refractivity contribution is 5.92. The molecule has 1 heterocycles. The van der Waals surface area contributed by atoms with Gasteiger partial charge in [-0.15, -0.1) is 0 Å². The van der Waals surface area contributed by atoms with Gasteiger partial charge in [-0.1, -0.05) is 13.8 Å². The van der Waals surface area contributed by atoms with E-state index in [1.807, 2.05) is 0 Å². The number of ether oxygens (including phenoxy) is 1. The molecule has 0 unspecified atom stereocenters. The standard InChI is InChI=1S/C14H24N4O2/c1-11(2)5-8-15-13(19)12-6-9-17-14(18-12)16-7-4-10-20-3/h6,9,11H,4-5,7-8,10H2,1-3H3,(H,15,19)(H,16,17,18). The van der Waals surface area contributed by atoms with Gasteiger partial charge in [0.1, 0.15) is 5.69 Å². The van der Waals surface area contributed by atoms with E-state index in [4.69, 9.17) is 4.74 Å². The van der Waals surface area contributed by atoms with Crippen LogP contribution in [0.15, 0.2) is 12.3 Å². The Labute approximate surface area is 120 Å². The smallest absolute Gasteiger partial charge is 0.270 e. The molecule has 20 heavy (non-hydrogen) atoms. The predicted octanol–water partition coefficient (Wildman–Crippen LogP) is 1.70. The average molecular weight is 280 g/mol. The quantitative estimate of drug-likeness (QED) is 0.673. The first-order valence-electron chi connectivity index (χ1n) is 6.97. The summed E-state index contributed by atoms with van der Waals surface area (Å²) in [6.07, 6.45) is 3.41. The van der Waals surface area contributed by atoms with Crippen LogP contribution in [0.1, 0.15) is 37.2 Å². The molecule has 112 valence electrons. The molecule has 0 bridgehead atoms. The second-order valence-electron chi connectivity index (χ2n) is 4.98. The van der Waals surface area contributed by atoms with Crippen molar-refractivity contribution in [3.05, 3.63) is 18.0 Å². The lowest BCUT2D eigenvalue weighted by Crippen LogP contribution is -2.26. The molecule has 0 spiro atoms. The number of rotatable bonds is 9. The Morgan fingerprint density at radius 3 is 2.90 bits per heavy atom. The number of hydrogen-bond acceptors (Lipinski definition) is 5. The normalized spacial score (nSPS) is 10.6. The Balaban J connectivity index is 2.43. The van der Waals surface area contributed by atoms with Crippen molar-refractivity contribution in [3.63, 3.8) is 0 Å². The summed E-state index contributed by atoms with van der Waals surface area (Å²) in [5.74, 6) is 0.879. The number of methoxy groups -OCH3 is 1. The zero-order chi connectivity index (χ0) is 14.8. The Kier molecular flexibility index (Phi) is 7.57. The molecule has 0 atom stereocenters. The third-order valence-electron chi connectivity index (χ3n) is 2.70. The molecule has 6 heteroatoms. The lowest BCUT2D eigenvalue weighted by atomic mass is 10.1. The minimum atomic E-state index is -0.159. The van der Waals surface area contributed by atoms with Gasteiger partial charge in [0, 0.05) is 33.0 Å². The number of hydrogen-bond donors (Lipinski definition) is 2. The zero-order valence-electron chi connectivity index (χ0n) is 12.5. The molecule has 1 rings (SSSR count). The van der Waals surface area contributed by atoms with Crippen LogP contribution in [-0.2, 0) is 4.74 Å². The number of carbonyl (C=O) groups excluding carboxylic acids is 1. The van der Waals surface area contributed by atoms with Gasteiger partial charge in [0.15, 0.2) is 0 Å². The number of aromatic nitrogens is 2. The number of amides is 1. The number of anilines is 1. The van der Waals surface area contributed by atoms with Crippen LogP contribution < -0.4 is 10.6 Å². The molecule has 1 amide bonds. The van der Waals surface area contributed by atoms with Crippen molar-refractivity contribution in [1.82, 2.24) is 15.3 Å². The molecule has 2 N–H and O–H groups in total. The lowest BCUT2D eigenvalue weighted by Gasteiger charge is -2.08. The Hall–Kier alpha value is -1.69. The maximum Gasteiger partial charge on any atom is 0.270 e. The van der Waals surface area contributed by atoms with Gasteiger partial charge in [0.25, 0.3) is 5.91 Å². The Bertz CT molecular complexity index is 410. The van der Waals surface area contributed by atoms with Crippen LogP contribution in [0.25, 0.3) is 0 Å². The highest BCUT2D eigenvalue weighted by Gasteiger charge is 2.08. The molecular formula is C14H24N4O2. The summed E-state index contributed by atoms with van der Waals surface area (Å²) in [4.78, 5) is 20.2. The summed E-state index contributed by atoms with van der Waals surface area (Å²) in [7, 11) is 1.67. The molecule has 0 radical (unpaired) electrons. The first-order valence-corrected chi connectivity index (χ1v) is 6.97. The van der Waals surface area contributed by atoms with E-state index in [9.17, 15) is 4.79 Å². The molecule has 0 aromatic carbocycles. The topological polar surface area (TPSA) is 76.1 Å². The summed E-state index contributed by atoms with van der Waals surface area (Å²) < 4.78 is 4.96. The molecule has 0 aliphatic heterocycles. The maximum atomic E-state index is 11.9. The van der Waals surface area contributed by atoms with Crippen LogP contribution in [0.4, 0.5) is 5.95 Å². The van der Waals surface area contributed by atoms with Crippen LogP contribution in [0.2, 0.25) is 0 Å². The molecule has 6 nitrogen and oxygen atoms in total. The second-order valence-corrected chi connectivity index (χ2v) is 4.98. The first-order chi connectivity index (χ1) is 9.63. The fraction of sp³-hybridized carbons (Fsp3) is 0.643. The third-order valence-corrected chi connectivity index (χ3v) is 2.70. The minimum Gasteiger partial charge on any atom is -0.385 e. The van der Waals surface area contributed by atoms with Crippen LogP contribution in [0.3, 0.4) is 0 Å². The van der Waals surface area contributed by atoms with E-state index in [0.717, 1.165) is 12.8 Å². The fourth-order valence-corrected chi connectivity index (χ4v) is 1.55. The van der Waals surface area contributed by atoms with Gasteiger partial charge in [-0.3, -0.25) is 4.79 Å². The summed E-state index contributed by atoms with van der Waals surface area (Å²) in [6, 6.07) is 1.62. The Morgan fingerprint density at radius 2 is 2.20 bits per heavy atom. The van der Waals surface area contributed by atoms with Crippen molar-refractivity contribution in [2.75, 3.05) is 32.1 Å². The summed E-state index contributed by atoms with van der Waals surface area (Å²) in [5, 5.41) is 5.92. The van der Waals surface area contributed by atoms with E-state index in [-0.39, 0.29) is 5.91 Å². The second kappa shape index (κ2) is 9.25. The summed E-state index contributed by atoms with van der Waals surface area (Å²) in [5.41, 5.74) is 0.387. The van der Waals surface area contributed by atoms with Gasteiger partial charge in [-0.05, 0) is 24.8 Å². The van der Waals surface area contributed by atoms with Crippen LogP contribution in [0, 0.1) is 5.92 Å². The molecule has 1 aromatic heterocycles. The van der Waals surface area contributed by atoms with Crippen molar-refractivity contribution in [2.24, 2.45) is 5.92 Å².